The Morgan fingerprint density at radius 2 is 1.95 bits per heavy atom. The number of sulfone groups is 1. The van der Waals surface area contributed by atoms with Crippen LogP contribution in [0.2, 0.25) is 0 Å². The van der Waals surface area contributed by atoms with Gasteiger partial charge in [-0.05, 0) is 30.2 Å². The lowest BCUT2D eigenvalue weighted by molar-refractivity contribution is 0.216. The van der Waals surface area contributed by atoms with E-state index in [1.54, 1.807) is 11.3 Å². The van der Waals surface area contributed by atoms with Gasteiger partial charge in [-0.3, -0.25) is 0 Å². The van der Waals surface area contributed by atoms with Crippen LogP contribution in [0.5, 0.6) is 0 Å². The summed E-state index contributed by atoms with van der Waals surface area (Å²) in [5.41, 5.74) is -0.113. The second-order valence-corrected chi connectivity index (χ2v) is 9.99. The van der Waals surface area contributed by atoms with Crippen LogP contribution in [-0.4, -0.2) is 32.5 Å². The number of urea groups is 1. The van der Waals surface area contributed by atoms with Gasteiger partial charge in [-0.15, -0.1) is 11.3 Å². The first kappa shape index (κ1) is 19.0. The van der Waals surface area contributed by atoms with Gasteiger partial charge >= 0.3 is 6.03 Å². The highest BCUT2D eigenvalue weighted by Crippen LogP contribution is 2.34. The third-order valence-corrected chi connectivity index (χ3v) is 5.18. The summed E-state index contributed by atoms with van der Waals surface area (Å²) in [7, 11) is -3.01. The maximum atomic E-state index is 12.2. The van der Waals surface area contributed by atoms with Crippen LogP contribution in [0.1, 0.15) is 45.0 Å². The lowest BCUT2D eigenvalue weighted by Gasteiger charge is -2.31. The Hall–Kier alpha value is -1.08. The number of hydrogen-bond donors (Lipinski definition) is 2. The third-order valence-electron chi connectivity index (χ3n) is 3.27. The summed E-state index contributed by atoms with van der Waals surface area (Å²) in [5.74, 6) is 0.0715. The SMILES string of the molecule is C[C@@H](CCS(C)(=O)=O)NC(=O)N[C@H](c1cccs1)C(C)(C)C. The quantitative estimate of drug-likeness (QED) is 0.831. The summed E-state index contributed by atoms with van der Waals surface area (Å²) in [6.07, 6.45) is 1.61. The van der Waals surface area contributed by atoms with Crippen LogP contribution in [0.4, 0.5) is 4.79 Å². The summed E-state index contributed by atoms with van der Waals surface area (Å²) >= 11 is 1.61. The van der Waals surface area contributed by atoms with Gasteiger partial charge in [-0.25, -0.2) is 13.2 Å². The van der Waals surface area contributed by atoms with Gasteiger partial charge in [0.25, 0.3) is 0 Å². The van der Waals surface area contributed by atoms with E-state index < -0.39 is 9.84 Å². The molecule has 1 aromatic heterocycles. The van der Waals surface area contributed by atoms with E-state index in [0.29, 0.717) is 6.42 Å². The van der Waals surface area contributed by atoms with Crippen molar-refractivity contribution in [3.8, 4) is 0 Å². The zero-order chi connectivity index (χ0) is 17.0. The molecule has 0 radical (unpaired) electrons. The normalized spacial score (nSPS) is 15.1. The van der Waals surface area contributed by atoms with Gasteiger partial charge in [-0.1, -0.05) is 26.8 Å². The van der Waals surface area contributed by atoms with Gasteiger partial charge in [0.1, 0.15) is 9.84 Å². The highest BCUT2D eigenvalue weighted by atomic mass is 32.2. The van der Waals surface area contributed by atoms with Crippen molar-refractivity contribution in [3.63, 3.8) is 0 Å². The van der Waals surface area contributed by atoms with E-state index in [4.69, 9.17) is 0 Å². The number of nitrogens with one attached hydrogen (secondary N) is 2. The van der Waals surface area contributed by atoms with Gasteiger partial charge in [0.15, 0.2) is 0 Å². The van der Waals surface area contributed by atoms with Crippen molar-refractivity contribution in [1.29, 1.82) is 0 Å². The van der Waals surface area contributed by atoms with Crippen molar-refractivity contribution in [1.82, 2.24) is 10.6 Å². The molecule has 0 aliphatic carbocycles. The fourth-order valence-corrected chi connectivity index (χ4v) is 3.83. The molecule has 0 aliphatic rings. The first-order valence-electron chi connectivity index (χ1n) is 7.27. The number of carbonyl (C=O) groups excluding carboxylic acids is 1. The predicted molar refractivity (Wildman–Crippen MR) is 92.0 cm³/mol. The Labute approximate surface area is 137 Å². The molecule has 0 saturated carbocycles. The molecule has 5 nitrogen and oxygen atoms in total. The first-order chi connectivity index (χ1) is 9.99. The summed E-state index contributed by atoms with van der Waals surface area (Å²) in [6, 6.07) is 3.42. The number of amides is 2. The van der Waals surface area contributed by atoms with Crippen LogP contribution >= 0.6 is 11.3 Å². The fourth-order valence-electron chi connectivity index (χ4n) is 2.03. The Morgan fingerprint density at radius 3 is 2.41 bits per heavy atom. The van der Waals surface area contributed by atoms with Crippen molar-refractivity contribution in [2.24, 2.45) is 5.41 Å². The minimum Gasteiger partial charge on any atom is -0.336 e. The minimum atomic E-state index is -3.01. The molecule has 22 heavy (non-hydrogen) atoms. The van der Waals surface area contributed by atoms with Gasteiger partial charge < -0.3 is 10.6 Å². The monoisotopic (exact) mass is 346 g/mol. The average molecular weight is 347 g/mol. The second-order valence-electron chi connectivity index (χ2n) is 6.75. The predicted octanol–water partition coefficient (Wildman–Crippen LogP) is 2.96. The van der Waals surface area contributed by atoms with E-state index in [9.17, 15) is 13.2 Å². The molecule has 0 bridgehead atoms. The van der Waals surface area contributed by atoms with Crippen molar-refractivity contribution in [2.45, 2.75) is 46.2 Å². The molecule has 0 unspecified atom stereocenters. The molecule has 0 saturated heterocycles. The smallest absolute Gasteiger partial charge is 0.315 e. The van der Waals surface area contributed by atoms with Gasteiger partial charge in [0.2, 0.25) is 0 Å². The zero-order valence-electron chi connectivity index (χ0n) is 13.8. The number of rotatable bonds is 6. The first-order valence-corrected chi connectivity index (χ1v) is 10.2. The number of thiophene rings is 1. The lowest BCUT2D eigenvalue weighted by Crippen LogP contribution is -2.45. The molecule has 2 atom stereocenters. The molecule has 2 N–H and O–H groups in total. The molecule has 2 amide bonds. The Balaban J connectivity index is 2.61. The summed E-state index contributed by atoms with van der Waals surface area (Å²) in [6.45, 7) is 8.03. The van der Waals surface area contributed by atoms with Crippen molar-refractivity contribution in [2.75, 3.05) is 12.0 Å². The molecule has 1 aromatic rings. The maximum absolute atomic E-state index is 12.2. The molecule has 0 spiro atoms. The van der Waals surface area contributed by atoms with E-state index in [1.807, 2.05) is 24.4 Å². The minimum absolute atomic E-state index is 0.0715. The molecule has 7 heteroatoms. The highest BCUT2D eigenvalue weighted by Gasteiger charge is 2.28. The van der Waals surface area contributed by atoms with Crippen LogP contribution in [0, 0.1) is 5.41 Å². The Morgan fingerprint density at radius 1 is 1.32 bits per heavy atom. The summed E-state index contributed by atoms with van der Waals surface area (Å²) < 4.78 is 22.3. The second kappa shape index (κ2) is 7.46. The van der Waals surface area contributed by atoms with Crippen molar-refractivity contribution < 1.29 is 13.2 Å². The average Bonchev–Trinajstić information content (AvgIpc) is 2.84. The number of carbonyl (C=O) groups is 1. The largest absolute Gasteiger partial charge is 0.336 e. The van der Waals surface area contributed by atoms with Crippen LogP contribution in [0.3, 0.4) is 0 Å². The topological polar surface area (TPSA) is 75.3 Å². The fraction of sp³-hybridized carbons (Fsp3) is 0.667. The van der Waals surface area contributed by atoms with Crippen LogP contribution < -0.4 is 10.6 Å². The van der Waals surface area contributed by atoms with Gasteiger partial charge in [-0.2, -0.15) is 0 Å². The summed E-state index contributed by atoms with van der Waals surface area (Å²) in [5, 5.41) is 7.79. The van der Waals surface area contributed by atoms with E-state index >= 15 is 0 Å². The van der Waals surface area contributed by atoms with Gasteiger partial charge in [0, 0.05) is 17.2 Å². The van der Waals surface area contributed by atoms with Crippen molar-refractivity contribution >= 4 is 27.2 Å². The molecule has 0 aliphatic heterocycles. The lowest BCUT2D eigenvalue weighted by atomic mass is 9.86. The third kappa shape index (κ3) is 6.79. The maximum Gasteiger partial charge on any atom is 0.315 e. The van der Waals surface area contributed by atoms with E-state index in [1.165, 1.54) is 6.26 Å². The summed E-state index contributed by atoms with van der Waals surface area (Å²) in [4.78, 5) is 13.3. The molecule has 1 heterocycles. The van der Waals surface area contributed by atoms with Crippen LogP contribution in [-0.2, 0) is 9.84 Å². The van der Waals surface area contributed by atoms with Crippen LogP contribution in [0.25, 0.3) is 0 Å². The molecular weight excluding hydrogens is 320 g/mol. The molecular formula is C15H26N2O3S2. The number of hydrogen-bond acceptors (Lipinski definition) is 4. The zero-order valence-corrected chi connectivity index (χ0v) is 15.5. The van der Waals surface area contributed by atoms with Gasteiger partial charge in [0.05, 0.1) is 11.8 Å². The molecule has 1 rings (SSSR count). The van der Waals surface area contributed by atoms with E-state index in [2.05, 4.69) is 31.4 Å². The van der Waals surface area contributed by atoms with E-state index in [0.717, 1.165) is 4.88 Å². The van der Waals surface area contributed by atoms with Crippen LogP contribution in [0.15, 0.2) is 17.5 Å². The molecule has 0 fully saturated rings. The Kier molecular flexibility index (Phi) is 6.43. The van der Waals surface area contributed by atoms with E-state index in [-0.39, 0.29) is 29.3 Å². The Bertz CT molecular complexity index is 574. The standard InChI is InChI=1S/C15H26N2O3S2/c1-11(8-10-22(5,19)20)16-14(18)17-13(15(2,3)4)12-7-6-9-21-12/h6-7,9,11,13H,8,10H2,1-5H3,(H2,16,17,18)/t11-,13+/m0/s1. The highest BCUT2D eigenvalue weighted by molar-refractivity contribution is 7.90. The van der Waals surface area contributed by atoms with Crippen molar-refractivity contribution in [3.05, 3.63) is 22.4 Å². The molecule has 126 valence electrons. The molecule has 0 aromatic carbocycles.